The Morgan fingerprint density at radius 3 is 2.85 bits per heavy atom. The van der Waals surface area contributed by atoms with Gasteiger partial charge in [0.25, 0.3) is 0 Å². The van der Waals surface area contributed by atoms with Crippen LogP contribution in [0.1, 0.15) is 43.4 Å². The first-order valence-electron chi connectivity index (χ1n) is 7.76. The molecule has 2 heterocycles. The van der Waals surface area contributed by atoms with Crippen molar-refractivity contribution in [2.75, 3.05) is 13.7 Å². The molecule has 0 saturated carbocycles. The SMILES string of the molecule is CCNC(c1cc(C)ccc1OC)C1CC2CCC1O2. The van der Waals surface area contributed by atoms with Gasteiger partial charge in [-0.3, -0.25) is 0 Å². The number of hydrogen-bond acceptors (Lipinski definition) is 3. The average molecular weight is 275 g/mol. The molecule has 2 bridgehead atoms. The van der Waals surface area contributed by atoms with Crippen LogP contribution in [-0.2, 0) is 4.74 Å². The summed E-state index contributed by atoms with van der Waals surface area (Å²) in [5.74, 6) is 1.56. The van der Waals surface area contributed by atoms with Crippen LogP contribution in [0.25, 0.3) is 0 Å². The highest BCUT2D eigenvalue weighted by atomic mass is 16.5. The summed E-state index contributed by atoms with van der Waals surface area (Å²) in [6.45, 7) is 5.28. The normalized spacial score (nSPS) is 29.6. The van der Waals surface area contributed by atoms with E-state index >= 15 is 0 Å². The van der Waals surface area contributed by atoms with Gasteiger partial charge >= 0.3 is 0 Å². The van der Waals surface area contributed by atoms with Gasteiger partial charge < -0.3 is 14.8 Å². The molecule has 0 radical (unpaired) electrons. The van der Waals surface area contributed by atoms with E-state index in [0.29, 0.717) is 24.2 Å². The molecule has 3 heteroatoms. The third-order valence-corrected chi connectivity index (χ3v) is 4.73. The summed E-state index contributed by atoms with van der Waals surface area (Å²) in [4.78, 5) is 0. The first kappa shape index (κ1) is 13.9. The maximum Gasteiger partial charge on any atom is 0.123 e. The fourth-order valence-electron chi connectivity index (χ4n) is 3.84. The minimum atomic E-state index is 0.338. The van der Waals surface area contributed by atoms with Gasteiger partial charge in [-0.05, 0) is 38.8 Å². The van der Waals surface area contributed by atoms with E-state index in [1.807, 2.05) is 0 Å². The lowest BCUT2D eigenvalue weighted by Crippen LogP contribution is -2.34. The maximum atomic E-state index is 6.06. The fraction of sp³-hybridized carbons (Fsp3) is 0.647. The predicted molar refractivity (Wildman–Crippen MR) is 80.2 cm³/mol. The summed E-state index contributed by atoms with van der Waals surface area (Å²) in [5.41, 5.74) is 2.57. The molecule has 20 heavy (non-hydrogen) atoms. The third kappa shape index (κ3) is 2.45. The molecule has 1 aromatic rings. The zero-order valence-corrected chi connectivity index (χ0v) is 12.7. The number of ether oxygens (including phenoxy) is 2. The van der Waals surface area contributed by atoms with Crippen LogP contribution in [-0.4, -0.2) is 25.9 Å². The Kier molecular flexibility index (Phi) is 3.99. The zero-order chi connectivity index (χ0) is 14.1. The van der Waals surface area contributed by atoms with Gasteiger partial charge in [-0.15, -0.1) is 0 Å². The van der Waals surface area contributed by atoms with Gasteiger partial charge in [0.1, 0.15) is 5.75 Å². The lowest BCUT2D eigenvalue weighted by Gasteiger charge is -2.30. The molecule has 2 aliphatic heterocycles. The van der Waals surface area contributed by atoms with Crippen molar-refractivity contribution >= 4 is 0 Å². The van der Waals surface area contributed by atoms with Crippen LogP contribution < -0.4 is 10.1 Å². The van der Waals surface area contributed by atoms with E-state index < -0.39 is 0 Å². The van der Waals surface area contributed by atoms with Crippen LogP contribution in [0.15, 0.2) is 18.2 Å². The number of hydrogen-bond donors (Lipinski definition) is 1. The van der Waals surface area contributed by atoms with E-state index in [1.165, 1.54) is 30.4 Å². The van der Waals surface area contributed by atoms with Crippen molar-refractivity contribution in [2.24, 2.45) is 5.92 Å². The molecule has 0 amide bonds. The topological polar surface area (TPSA) is 30.5 Å². The Morgan fingerprint density at radius 2 is 2.25 bits per heavy atom. The van der Waals surface area contributed by atoms with Gasteiger partial charge in [0.2, 0.25) is 0 Å². The van der Waals surface area contributed by atoms with E-state index in [2.05, 4.69) is 37.4 Å². The molecular formula is C17H25NO2. The molecular weight excluding hydrogens is 250 g/mol. The molecule has 0 spiro atoms. The molecule has 3 rings (SSSR count). The minimum absolute atomic E-state index is 0.338. The molecule has 0 aromatic heterocycles. The van der Waals surface area contributed by atoms with Gasteiger partial charge in [-0.1, -0.05) is 24.6 Å². The lowest BCUT2D eigenvalue weighted by atomic mass is 9.80. The number of benzene rings is 1. The first-order chi connectivity index (χ1) is 9.72. The van der Waals surface area contributed by atoms with E-state index in [1.54, 1.807) is 7.11 Å². The highest BCUT2D eigenvalue weighted by molar-refractivity contribution is 5.40. The second-order valence-electron chi connectivity index (χ2n) is 6.05. The van der Waals surface area contributed by atoms with E-state index in [0.717, 1.165) is 12.3 Å². The monoisotopic (exact) mass is 275 g/mol. The quantitative estimate of drug-likeness (QED) is 0.895. The summed E-state index contributed by atoms with van der Waals surface area (Å²) in [6.07, 6.45) is 4.55. The van der Waals surface area contributed by atoms with Crippen molar-refractivity contribution in [1.29, 1.82) is 0 Å². The van der Waals surface area contributed by atoms with E-state index in [9.17, 15) is 0 Å². The Morgan fingerprint density at radius 1 is 1.40 bits per heavy atom. The summed E-state index contributed by atoms with van der Waals surface area (Å²) >= 11 is 0. The minimum Gasteiger partial charge on any atom is -0.496 e. The van der Waals surface area contributed by atoms with Crippen LogP contribution in [0, 0.1) is 12.8 Å². The van der Waals surface area contributed by atoms with Crippen molar-refractivity contribution in [1.82, 2.24) is 5.32 Å². The van der Waals surface area contributed by atoms with Gasteiger partial charge in [-0.2, -0.15) is 0 Å². The van der Waals surface area contributed by atoms with E-state index in [-0.39, 0.29) is 0 Å². The molecule has 1 aromatic carbocycles. The fourth-order valence-corrected chi connectivity index (χ4v) is 3.84. The number of fused-ring (bicyclic) bond motifs is 2. The Labute approximate surface area is 121 Å². The number of nitrogens with one attached hydrogen (secondary N) is 1. The van der Waals surface area contributed by atoms with E-state index in [4.69, 9.17) is 9.47 Å². The zero-order valence-electron chi connectivity index (χ0n) is 12.7. The van der Waals surface area contributed by atoms with Crippen molar-refractivity contribution in [3.05, 3.63) is 29.3 Å². The molecule has 2 aliphatic rings. The Bertz CT molecular complexity index is 474. The number of methoxy groups -OCH3 is 1. The maximum absolute atomic E-state index is 6.06. The predicted octanol–water partition coefficient (Wildman–Crippen LogP) is 3.22. The van der Waals surface area contributed by atoms with Gasteiger partial charge in [0.15, 0.2) is 0 Å². The number of rotatable bonds is 5. The van der Waals surface area contributed by atoms with Crippen molar-refractivity contribution in [2.45, 2.75) is 51.4 Å². The molecule has 110 valence electrons. The Hall–Kier alpha value is -1.06. The summed E-state index contributed by atoms with van der Waals surface area (Å²) in [7, 11) is 1.76. The standard InChI is InChI=1S/C17H25NO2/c1-4-18-17(14-10-12-6-8-16(14)20-12)13-9-11(2)5-7-15(13)19-3/h5,7,9,12,14,16-18H,4,6,8,10H2,1-3H3. The molecule has 4 unspecified atom stereocenters. The Balaban J connectivity index is 1.92. The summed E-state index contributed by atoms with van der Waals surface area (Å²) < 4.78 is 11.6. The van der Waals surface area contributed by atoms with Gasteiger partial charge in [-0.25, -0.2) is 0 Å². The first-order valence-corrected chi connectivity index (χ1v) is 7.76. The largest absolute Gasteiger partial charge is 0.496 e. The average Bonchev–Trinajstić information content (AvgIpc) is 3.07. The van der Waals surface area contributed by atoms with Gasteiger partial charge in [0, 0.05) is 17.5 Å². The van der Waals surface area contributed by atoms with Crippen LogP contribution >= 0.6 is 0 Å². The highest BCUT2D eigenvalue weighted by Crippen LogP contribution is 2.46. The molecule has 4 atom stereocenters. The second-order valence-corrected chi connectivity index (χ2v) is 6.05. The van der Waals surface area contributed by atoms with Crippen LogP contribution in [0.3, 0.4) is 0 Å². The molecule has 2 fully saturated rings. The van der Waals surface area contributed by atoms with Crippen LogP contribution in [0.4, 0.5) is 0 Å². The summed E-state index contributed by atoms with van der Waals surface area (Å²) in [6, 6.07) is 6.80. The van der Waals surface area contributed by atoms with Crippen molar-refractivity contribution in [3.63, 3.8) is 0 Å². The second kappa shape index (κ2) is 5.74. The highest BCUT2D eigenvalue weighted by Gasteiger charge is 2.45. The molecule has 3 nitrogen and oxygen atoms in total. The number of aryl methyl sites for hydroxylation is 1. The molecule has 2 saturated heterocycles. The van der Waals surface area contributed by atoms with Crippen molar-refractivity contribution < 1.29 is 9.47 Å². The lowest BCUT2D eigenvalue weighted by molar-refractivity contribution is 0.0856. The molecule has 1 N–H and O–H groups in total. The van der Waals surface area contributed by atoms with Crippen LogP contribution in [0.2, 0.25) is 0 Å². The summed E-state index contributed by atoms with van der Waals surface area (Å²) in [5, 5.41) is 3.67. The third-order valence-electron chi connectivity index (χ3n) is 4.73. The molecule has 0 aliphatic carbocycles. The van der Waals surface area contributed by atoms with Gasteiger partial charge in [0.05, 0.1) is 19.3 Å². The smallest absolute Gasteiger partial charge is 0.123 e. The van der Waals surface area contributed by atoms with Crippen LogP contribution in [0.5, 0.6) is 5.75 Å². The van der Waals surface area contributed by atoms with Crippen molar-refractivity contribution in [3.8, 4) is 5.75 Å².